The molecule has 1 aromatic carbocycles. The maximum absolute atomic E-state index is 12.7. The van der Waals surface area contributed by atoms with Gasteiger partial charge >= 0.3 is 6.09 Å². The minimum atomic E-state index is -1.24. The van der Waals surface area contributed by atoms with Crippen molar-refractivity contribution in [3.63, 3.8) is 0 Å². The Morgan fingerprint density at radius 2 is 1.79 bits per heavy atom. The standard InChI is InChI=1S/C21H25Cl3N6O3/c1-12(14-5-4-13(22)10-15(14)23)26-17-16(24)11-25-19(27-17)30-8-6-29(7-9-30)18(31)21(2,3)28-20(32)33/h4-5,10-12,28H,6-9H2,1-3H3,(H,32,33)(H,25,26,27)/t12-/m1/s1. The van der Waals surface area contributed by atoms with Crippen LogP contribution in [0.2, 0.25) is 15.1 Å². The molecule has 9 nitrogen and oxygen atoms in total. The summed E-state index contributed by atoms with van der Waals surface area (Å²) in [5.74, 6) is 0.661. The van der Waals surface area contributed by atoms with Crippen LogP contribution in [0.3, 0.4) is 0 Å². The van der Waals surface area contributed by atoms with Crippen molar-refractivity contribution in [1.82, 2.24) is 20.2 Å². The predicted molar refractivity (Wildman–Crippen MR) is 130 cm³/mol. The molecule has 12 heteroatoms. The SMILES string of the molecule is C[C@@H](Nc1nc(N2CCN(C(=O)C(C)(C)NC(=O)O)CC2)ncc1Cl)c1ccc(Cl)cc1Cl. The molecule has 1 aliphatic rings. The van der Waals surface area contributed by atoms with Crippen LogP contribution in [0.5, 0.6) is 0 Å². The summed E-state index contributed by atoms with van der Waals surface area (Å²) >= 11 is 18.6. The molecule has 3 N–H and O–H groups in total. The first-order valence-electron chi connectivity index (χ1n) is 10.3. The molecule has 1 aliphatic heterocycles. The monoisotopic (exact) mass is 514 g/mol. The van der Waals surface area contributed by atoms with Crippen molar-refractivity contribution in [2.24, 2.45) is 0 Å². The summed E-state index contributed by atoms with van der Waals surface area (Å²) in [5, 5.41) is 15.9. The van der Waals surface area contributed by atoms with Crippen LogP contribution in [0.15, 0.2) is 24.4 Å². The predicted octanol–water partition coefficient (Wildman–Crippen LogP) is 4.30. The molecule has 1 saturated heterocycles. The number of nitrogens with zero attached hydrogens (tertiary/aromatic N) is 4. The van der Waals surface area contributed by atoms with Gasteiger partial charge in [-0.3, -0.25) is 4.79 Å². The maximum atomic E-state index is 12.7. The first-order valence-corrected chi connectivity index (χ1v) is 11.4. The van der Waals surface area contributed by atoms with E-state index in [4.69, 9.17) is 39.9 Å². The maximum Gasteiger partial charge on any atom is 0.405 e. The molecule has 1 fully saturated rings. The zero-order valence-corrected chi connectivity index (χ0v) is 20.7. The Hall–Kier alpha value is -2.49. The van der Waals surface area contributed by atoms with Gasteiger partial charge in [0.1, 0.15) is 10.6 Å². The lowest BCUT2D eigenvalue weighted by Crippen LogP contribution is -2.59. The summed E-state index contributed by atoms with van der Waals surface area (Å²) in [6.07, 6.45) is 0.288. The van der Waals surface area contributed by atoms with Gasteiger partial charge in [-0.1, -0.05) is 40.9 Å². The topological polar surface area (TPSA) is 111 Å². The van der Waals surface area contributed by atoms with Crippen LogP contribution >= 0.6 is 34.8 Å². The van der Waals surface area contributed by atoms with E-state index in [1.165, 1.54) is 6.20 Å². The smallest absolute Gasteiger partial charge is 0.405 e. The highest BCUT2D eigenvalue weighted by atomic mass is 35.5. The summed E-state index contributed by atoms with van der Waals surface area (Å²) in [4.78, 5) is 36.2. The number of nitrogens with one attached hydrogen (secondary N) is 2. The quantitative estimate of drug-likeness (QED) is 0.526. The lowest BCUT2D eigenvalue weighted by molar-refractivity contribution is -0.137. The van der Waals surface area contributed by atoms with Crippen molar-refractivity contribution in [3.8, 4) is 0 Å². The molecule has 0 radical (unpaired) electrons. The molecule has 1 atom stereocenters. The van der Waals surface area contributed by atoms with Gasteiger partial charge in [-0.05, 0) is 38.5 Å². The number of rotatable bonds is 6. The fourth-order valence-corrected chi connectivity index (χ4v) is 4.29. The van der Waals surface area contributed by atoms with Crippen molar-refractivity contribution in [3.05, 3.63) is 45.0 Å². The van der Waals surface area contributed by atoms with Gasteiger partial charge in [-0.25, -0.2) is 9.78 Å². The van der Waals surface area contributed by atoms with E-state index in [-0.39, 0.29) is 11.9 Å². The highest BCUT2D eigenvalue weighted by Crippen LogP contribution is 2.30. The Morgan fingerprint density at radius 3 is 2.39 bits per heavy atom. The Labute approximate surface area is 207 Å². The van der Waals surface area contributed by atoms with Crippen molar-refractivity contribution < 1.29 is 14.7 Å². The van der Waals surface area contributed by atoms with Crippen LogP contribution in [0.25, 0.3) is 0 Å². The van der Waals surface area contributed by atoms with Crippen molar-refractivity contribution in [2.75, 3.05) is 36.4 Å². The van der Waals surface area contributed by atoms with E-state index in [9.17, 15) is 9.59 Å². The summed E-state index contributed by atoms with van der Waals surface area (Å²) in [6, 6.07) is 5.10. The first kappa shape index (κ1) is 25.1. The van der Waals surface area contributed by atoms with Gasteiger partial charge in [-0.2, -0.15) is 4.98 Å². The lowest BCUT2D eigenvalue weighted by atomic mass is 10.0. The fraction of sp³-hybridized carbons (Fsp3) is 0.429. The molecule has 0 spiro atoms. The minimum absolute atomic E-state index is 0.187. The molecule has 33 heavy (non-hydrogen) atoms. The number of carbonyl (C=O) groups is 2. The third-order valence-corrected chi connectivity index (χ3v) is 6.16. The van der Waals surface area contributed by atoms with E-state index in [0.717, 1.165) is 5.56 Å². The number of anilines is 2. The molecule has 0 saturated carbocycles. The number of halogens is 3. The van der Waals surface area contributed by atoms with Gasteiger partial charge in [-0.15, -0.1) is 0 Å². The Bertz CT molecular complexity index is 1040. The number of hydrogen-bond donors (Lipinski definition) is 3. The third kappa shape index (κ3) is 6.10. The second-order valence-corrected chi connectivity index (χ2v) is 9.48. The van der Waals surface area contributed by atoms with Crippen molar-refractivity contribution in [2.45, 2.75) is 32.4 Å². The summed E-state index contributed by atoms with van der Waals surface area (Å²) in [6.45, 7) is 6.84. The minimum Gasteiger partial charge on any atom is -0.465 e. The molecule has 178 valence electrons. The molecule has 2 heterocycles. The molecule has 2 amide bonds. The number of aromatic nitrogens is 2. The average Bonchev–Trinajstić information content (AvgIpc) is 2.74. The highest BCUT2D eigenvalue weighted by Gasteiger charge is 2.35. The van der Waals surface area contributed by atoms with E-state index in [0.29, 0.717) is 53.0 Å². The Kier molecular flexibility index (Phi) is 7.76. The van der Waals surface area contributed by atoms with Crippen LogP contribution in [-0.2, 0) is 4.79 Å². The first-order chi connectivity index (χ1) is 15.5. The number of carbonyl (C=O) groups excluding carboxylic acids is 1. The second-order valence-electron chi connectivity index (χ2n) is 8.23. The zero-order chi connectivity index (χ0) is 24.3. The van der Waals surface area contributed by atoms with Gasteiger partial charge in [0.2, 0.25) is 11.9 Å². The van der Waals surface area contributed by atoms with Crippen molar-refractivity contribution in [1.29, 1.82) is 0 Å². The lowest BCUT2D eigenvalue weighted by Gasteiger charge is -2.38. The Balaban J connectivity index is 1.68. The molecule has 2 aromatic rings. The second kappa shape index (κ2) is 10.2. The van der Waals surface area contributed by atoms with E-state index < -0.39 is 11.6 Å². The van der Waals surface area contributed by atoms with E-state index in [1.54, 1.807) is 30.9 Å². The molecule has 1 aromatic heterocycles. The van der Waals surface area contributed by atoms with E-state index in [1.807, 2.05) is 17.9 Å². The summed E-state index contributed by atoms with van der Waals surface area (Å²) in [7, 11) is 0. The van der Waals surface area contributed by atoms with Crippen LogP contribution < -0.4 is 15.5 Å². The Morgan fingerprint density at radius 1 is 1.12 bits per heavy atom. The van der Waals surface area contributed by atoms with Crippen LogP contribution in [0, 0.1) is 0 Å². The molecule has 0 unspecified atom stereocenters. The molecule has 3 rings (SSSR count). The van der Waals surface area contributed by atoms with Crippen LogP contribution in [0.1, 0.15) is 32.4 Å². The van der Waals surface area contributed by atoms with Crippen LogP contribution in [0.4, 0.5) is 16.6 Å². The molecular weight excluding hydrogens is 491 g/mol. The molecule has 0 aliphatic carbocycles. The van der Waals surface area contributed by atoms with Gasteiger partial charge < -0.3 is 25.5 Å². The number of carboxylic acid groups (broad SMARTS) is 1. The number of benzene rings is 1. The van der Waals surface area contributed by atoms with Crippen molar-refractivity contribution >= 4 is 58.6 Å². The van der Waals surface area contributed by atoms with E-state index in [2.05, 4.69) is 20.6 Å². The normalized spacial score (nSPS) is 15.2. The zero-order valence-electron chi connectivity index (χ0n) is 18.4. The highest BCUT2D eigenvalue weighted by molar-refractivity contribution is 6.35. The van der Waals surface area contributed by atoms with E-state index >= 15 is 0 Å². The van der Waals surface area contributed by atoms with Gasteiger partial charge in [0.05, 0.1) is 12.2 Å². The fourth-order valence-electron chi connectivity index (χ4n) is 3.57. The molecular formula is C21H25Cl3N6O3. The molecule has 0 bridgehead atoms. The van der Waals surface area contributed by atoms with Gasteiger partial charge in [0.15, 0.2) is 5.82 Å². The third-order valence-electron chi connectivity index (χ3n) is 5.32. The van der Waals surface area contributed by atoms with Gasteiger partial charge in [0, 0.05) is 36.2 Å². The summed E-state index contributed by atoms with van der Waals surface area (Å²) < 4.78 is 0. The van der Waals surface area contributed by atoms with Crippen LogP contribution in [-0.4, -0.2) is 63.7 Å². The number of hydrogen-bond acceptors (Lipinski definition) is 6. The number of piperazine rings is 1. The number of amides is 2. The largest absolute Gasteiger partial charge is 0.465 e. The van der Waals surface area contributed by atoms with Gasteiger partial charge in [0.25, 0.3) is 0 Å². The average molecular weight is 516 g/mol. The summed E-state index contributed by atoms with van der Waals surface area (Å²) in [5.41, 5.74) is -0.358.